The van der Waals surface area contributed by atoms with Gasteiger partial charge in [0.15, 0.2) is 0 Å². The molecule has 0 radical (unpaired) electrons. The maximum atomic E-state index is 8.64. The highest BCUT2D eigenvalue weighted by Crippen LogP contribution is 1.77. The lowest BCUT2D eigenvalue weighted by Crippen LogP contribution is -2.50. The minimum atomic E-state index is 0.514. The molecule has 42 valence electrons. The molecule has 0 aromatic heterocycles. The van der Waals surface area contributed by atoms with E-state index in [4.69, 9.17) is 5.21 Å². The third-order valence-corrected chi connectivity index (χ3v) is 0.881. The molecule has 4 heteroatoms. The van der Waals surface area contributed by atoms with Gasteiger partial charge in [0.2, 0.25) is 0 Å². The van der Waals surface area contributed by atoms with Gasteiger partial charge in [0.05, 0.1) is 6.67 Å². The molecule has 1 fully saturated rings. The van der Waals surface area contributed by atoms with Crippen LogP contribution in [0, 0.1) is 0 Å². The molecule has 1 rings (SSSR count). The van der Waals surface area contributed by atoms with Gasteiger partial charge in [-0.05, 0) is 0 Å². The highest BCUT2D eigenvalue weighted by atomic mass is 16.5. The second kappa shape index (κ2) is 2.23. The topological polar surface area (TPSA) is 47.5 Å². The lowest BCUT2D eigenvalue weighted by Gasteiger charge is -2.21. The molecule has 0 aliphatic carbocycles. The van der Waals surface area contributed by atoms with Gasteiger partial charge in [-0.15, -0.1) is 0 Å². The van der Waals surface area contributed by atoms with E-state index in [-0.39, 0.29) is 0 Å². The lowest BCUT2D eigenvalue weighted by atomic mass is 10.6. The summed E-state index contributed by atoms with van der Waals surface area (Å²) in [5, 5.41) is 9.86. The number of nitrogens with zero attached hydrogens (tertiary/aromatic N) is 1. The van der Waals surface area contributed by atoms with Gasteiger partial charge in [-0.1, -0.05) is 0 Å². The number of hydroxylamine groups is 2. The molecular formula is C3H9N3O. The van der Waals surface area contributed by atoms with Crippen molar-refractivity contribution < 1.29 is 5.21 Å². The number of hydrogen-bond donors (Lipinski definition) is 3. The third-order valence-electron chi connectivity index (χ3n) is 0.881. The predicted octanol–water partition coefficient (Wildman–Crippen LogP) is -1.26. The van der Waals surface area contributed by atoms with Gasteiger partial charge in [-0.25, -0.2) is 5.43 Å². The molecule has 0 spiro atoms. The molecular weight excluding hydrogens is 94.1 g/mol. The van der Waals surface area contributed by atoms with Crippen LogP contribution in [-0.2, 0) is 0 Å². The Labute approximate surface area is 42.0 Å². The van der Waals surface area contributed by atoms with Crippen molar-refractivity contribution in [3.8, 4) is 0 Å². The van der Waals surface area contributed by atoms with Crippen LogP contribution < -0.4 is 10.9 Å². The van der Waals surface area contributed by atoms with Crippen molar-refractivity contribution in [2.24, 2.45) is 0 Å². The van der Waals surface area contributed by atoms with Crippen LogP contribution >= 0.6 is 0 Å². The number of hydrogen-bond acceptors (Lipinski definition) is 4. The van der Waals surface area contributed by atoms with Gasteiger partial charge in [0, 0.05) is 13.1 Å². The largest absolute Gasteiger partial charge is 0.313 e. The number of hydrazine groups is 1. The van der Waals surface area contributed by atoms with Gasteiger partial charge in [0.25, 0.3) is 0 Å². The summed E-state index contributed by atoms with van der Waals surface area (Å²) in [6, 6.07) is 0. The van der Waals surface area contributed by atoms with E-state index in [1.165, 1.54) is 5.06 Å². The molecule has 3 N–H and O–H groups in total. The fraction of sp³-hybridized carbons (Fsp3) is 1.00. The van der Waals surface area contributed by atoms with E-state index in [2.05, 4.69) is 10.9 Å². The van der Waals surface area contributed by atoms with Crippen LogP contribution in [-0.4, -0.2) is 30.0 Å². The van der Waals surface area contributed by atoms with Gasteiger partial charge in [0.1, 0.15) is 0 Å². The molecule has 0 unspecified atom stereocenters. The van der Waals surface area contributed by atoms with E-state index in [1.54, 1.807) is 0 Å². The molecule has 0 atom stereocenters. The first-order valence-electron chi connectivity index (χ1n) is 2.29. The average molecular weight is 103 g/mol. The fourth-order valence-electron chi connectivity index (χ4n) is 0.500. The summed E-state index contributed by atoms with van der Waals surface area (Å²) < 4.78 is 0. The molecule has 1 aliphatic heterocycles. The Morgan fingerprint density at radius 2 is 2.29 bits per heavy atom. The summed E-state index contributed by atoms with van der Waals surface area (Å²) in [6.07, 6.45) is 0. The molecule has 0 amide bonds. The Bertz CT molecular complexity index is 52.1. The highest BCUT2D eigenvalue weighted by molar-refractivity contribution is 4.50. The Morgan fingerprint density at radius 1 is 1.43 bits per heavy atom. The Kier molecular flexibility index (Phi) is 1.59. The Hall–Kier alpha value is -0.160. The van der Waals surface area contributed by atoms with E-state index in [0.29, 0.717) is 13.2 Å². The molecule has 1 saturated heterocycles. The molecule has 0 aromatic rings. The second-order valence-corrected chi connectivity index (χ2v) is 1.49. The zero-order chi connectivity index (χ0) is 5.11. The van der Waals surface area contributed by atoms with Crippen molar-refractivity contribution in [2.75, 3.05) is 19.8 Å². The molecule has 1 heterocycles. The van der Waals surface area contributed by atoms with Crippen molar-refractivity contribution >= 4 is 0 Å². The van der Waals surface area contributed by atoms with Crippen molar-refractivity contribution in [3.05, 3.63) is 0 Å². The van der Waals surface area contributed by atoms with Crippen LogP contribution in [0.3, 0.4) is 0 Å². The van der Waals surface area contributed by atoms with E-state index in [0.717, 1.165) is 6.54 Å². The van der Waals surface area contributed by atoms with E-state index >= 15 is 0 Å². The molecule has 0 saturated carbocycles. The second-order valence-electron chi connectivity index (χ2n) is 1.49. The Morgan fingerprint density at radius 3 is 2.57 bits per heavy atom. The normalized spacial score (nSPS) is 25.3. The smallest absolute Gasteiger partial charge is 0.0858 e. The van der Waals surface area contributed by atoms with Crippen LogP contribution in [0.5, 0.6) is 0 Å². The molecule has 0 aromatic carbocycles. The summed E-state index contributed by atoms with van der Waals surface area (Å²) in [5.41, 5.74) is 5.62. The molecule has 7 heavy (non-hydrogen) atoms. The first-order chi connectivity index (χ1) is 3.39. The predicted molar refractivity (Wildman–Crippen MR) is 24.5 cm³/mol. The molecule has 1 aliphatic rings. The van der Waals surface area contributed by atoms with Crippen molar-refractivity contribution in [1.82, 2.24) is 15.9 Å². The van der Waals surface area contributed by atoms with Crippen molar-refractivity contribution in [2.45, 2.75) is 0 Å². The number of nitrogens with one attached hydrogen (secondary N) is 2. The van der Waals surface area contributed by atoms with Gasteiger partial charge in [-0.2, -0.15) is 5.06 Å². The van der Waals surface area contributed by atoms with Crippen LogP contribution in [0.1, 0.15) is 0 Å². The molecule has 4 nitrogen and oxygen atoms in total. The summed E-state index contributed by atoms with van der Waals surface area (Å²) in [6.45, 7) is 2.02. The van der Waals surface area contributed by atoms with E-state index < -0.39 is 0 Å². The van der Waals surface area contributed by atoms with Crippen LogP contribution in [0.25, 0.3) is 0 Å². The minimum absolute atomic E-state index is 0.514. The third kappa shape index (κ3) is 1.40. The van der Waals surface area contributed by atoms with E-state index in [1.807, 2.05) is 0 Å². The van der Waals surface area contributed by atoms with Crippen LogP contribution in [0.15, 0.2) is 0 Å². The van der Waals surface area contributed by atoms with Crippen LogP contribution in [0.4, 0.5) is 0 Å². The minimum Gasteiger partial charge on any atom is -0.313 e. The molecule has 0 bridgehead atoms. The number of rotatable bonds is 0. The van der Waals surface area contributed by atoms with E-state index in [9.17, 15) is 0 Å². The summed E-state index contributed by atoms with van der Waals surface area (Å²) in [7, 11) is 0. The first kappa shape index (κ1) is 4.99. The lowest BCUT2D eigenvalue weighted by molar-refractivity contribution is -0.112. The van der Waals surface area contributed by atoms with Gasteiger partial charge < -0.3 is 5.21 Å². The zero-order valence-electron chi connectivity index (χ0n) is 4.02. The summed E-state index contributed by atoms with van der Waals surface area (Å²) >= 11 is 0. The Balaban J connectivity index is 2.12. The standard InChI is InChI=1S/C3H9N3O/c7-6-2-1-4-5-3-6/h4-5,7H,1-3H2. The quantitative estimate of drug-likeness (QED) is 0.358. The zero-order valence-corrected chi connectivity index (χ0v) is 4.02. The maximum Gasteiger partial charge on any atom is 0.0858 e. The monoisotopic (exact) mass is 103 g/mol. The first-order valence-corrected chi connectivity index (χ1v) is 2.29. The summed E-state index contributed by atoms with van der Waals surface area (Å²) in [5.74, 6) is 0. The fourth-order valence-corrected chi connectivity index (χ4v) is 0.500. The van der Waals surface area contributed by atoms with Crippen LogP contribution in [0.2, 0.25) is 0 Å². The average Bonchev–Trinajstić information content (AvgIpc) is 1.69. The highest BCUT2D eigenvalue weighted by Gasteiger charge is 2.02. The van der Waals surface area contributed by atoms with Crippen molar-refractivity contribution in [1.29, 1.82) is 0 Å². The maximum absolute atomic E-state index is 8.64. The van der Waals surface area contributed by atoms with Gasteiger partial charge >= 0.3 is 0 Å². The summed E-state index contributed by atoms with van der Waals surface area (Å²) in [4.78, 5) is 0. The van der Waals surface area contributed by atoms with Crippen molar-refractivity contribution in [3.63, 3.8) is 0 Å². The SMILES string of the molecule is ON1CCNNC1. The van der Waals surface area contributed by atoms with Gasteiger partial charge in [-0.3, -0.25) is 5.43 Å².